The van der Waals surface area contributed by atoms with E-state index in [-0.39, 0.29) is 24.4 Å². The van der Waals surface area contributed by atoms with Gasteiger partial charge in [-0.05, 0) is 55.8 Å². The van der Waals surface area contributed by atoms with Crippen molar-refractivity contribution in [3.8, 4) is 0 Å². The molecule has 1 aliphatic heterocycles. The Hall–Kier alpha value is -0.580. The standard InChI is InChI=1S/C17H23BrN2O.ClH/c18-14-8-6-12(7-9-14)16-5-2-10-20(16)17(21)15-4-1-3-13(15)11-19;/h6-9,13,15-16H,1-5,10-11,19H2;1H/t13-,15-,16?;/m1./s1. The van der Waals surface area contributed by atoms with E-state index < -0.39 is 0 Å². The highest BCUT2D eigenvalue weighted by atomic mass is 79.9. The number of carbonyl (C=O) groups excluding carboxylic acids is 1. The van der Waals surface area contributed by atoms with Crippen molar-refractivity contribution in [1.82, 2.24) is 4.90 Å². The fourth-order valence-corrected chi connectivity index (χ4v) is 4.18. The van der Waals surface area contributed by atoms with Crippen LogP contribution < -0.4 is 5.73 Å². The van der Waals surface area contributed by atoms with Crippen LogP contribution in [-0.2, 0) is 4.79 Å². The molecule has 2 N–H and O–H groups in total. The third kappa shape index (κ3) is 3.50. The Morgan fingerprint density at radius 1 is 1.18 bits per heavy atom. The third-order valence-corrected chi connectivity index (χ3v) is 5.60. The van der Waals surface area contributed by atoms with Crippen LogP contribution in [0.3, 0.4) is 0 Å². The van der Waals surface area contributed by atoms with Gasteiger partial charge >= 0.3 is 0 Å². The van der Waals surface area contributed by atoms with E-state index in [1.54, 1.807) is 0 Å². The van der Waals surface area contributed by atoms with E-state index >= 15 is 0 Å². The molecule has 3 nitrogen and oxygen atoms in total. The molecule has 5 heteroatoms. The van der Waals surface area contributed by atoms with E-state index in [4.69, 9.17) is 5.73 Å². The van der Waals surface area contributed by atoms with Gasteiger partial charge in [0, 0.05) is 16.9 Å². The van der Waals surface area contributed by atoms with Crippen LogP contribution in [-0.4, -0.2) is 23.9 Å². The molecule has 1 saturated carbocycles. The quantitative estimate of drug-likeness (QED) is 0.854. The van der Waals surface area contributed by atoms with Gasteiger partial charge in [0.15, 0.2) is 0 Å². The summed E-state index contributed by atoms with van der Waals surface area (Å²) in [6, 6.07) is 8.65. The topological polar surface area (TPSA) is 46.3 Å². The number of rotatable bonds is 3. The molecular weight excluding hydrogens is 364 g/mol. The maximum absolute atomic E-state index is 12.9. The number of nitrogens with two attached hydrogens (primary N) is 1. The lowest BCUT2D eigenvalue weighted by Crippen LogP contribution is -2.38. The summed E-state index contributed by atoms with van der Waals surface area (Å²) in [4.78, 5) is 15.0. The Labute approximate surface area is 147 Å². The highest BCUT2D eigenvalue weighted by Gasteiger charge is 2.38. The van der Waals surface area contributed by atoms with Gasteiger partial charge in [-0.15, -0.1) is 12.4 Å². The highest BCUT2D eigenvalue weighted by molar-refractivity contribution is 9.10. The average Bonchev–Trinajstić information content (AvgIpc) is 3.16. The summed E-state index contributed by atoms with van der Waals surface area (Å²) in [6.07, 6.45) is 5.46. The van der Waals surface area contributed by atoms with Crippen LogP contribution in [0.15, 0.2) is 28.7 Å². The number of halogens is 2. The first-order chi connectivity index (χ1) is 10.2. The molecule has 3 atom stereocenters. The number of carbonyl (C=O) groups is 1. The Kier molecular flexibility index (Phi) is 6.30. The predicted octanol–water partition coefficient (Wildman–Crippen LogP) is 3.91. The number of likely N-dealkylation sites (tertiary alicyclic amines) is 1. The molecule has 0 bridgehead atoms. The fourth-order valence-electron chi connectivity index (χ4n) is 3.92. The summed E-state index contributed by atoms with van der Waals surface area (Å²) in [7, 11) is 0. The SMILES string of the molecule is Cl.NC[C@H]1CCC[C@H]1C(=O)N1CCCC1c1ccc(Br)cc1. The molecule has 1 amide bonds. The molecule has 1 aromatic carbocycles. The third-order valence-electron chi connectivity index (χ3n) is 5.07. The van der Waals surface area contributed by atoms with E-state index in [2.05, 4.69) is 45.1 Å². The molecule has 2 fully saturated rings. The second kappa shape index (κ2) is 7.80. The molecule has 1 saturated heterocycles. The zero-order valence-electron chi connectivity index (χ0n) is 12.7. The summed E-state index contributed by atoms with van der Waals surface area (Å²) >= 11 is 3.47. The summed E-state index contributed by atoms with van der Waals surface area (Å²) in [6.45, 7) is 1.54. The van der Waals surface area contributed by atoms with Crippen molar-refractivity contribution in [2.45, 2.75) is 38.1 Å². The Morgan fingerprint density at radius 3 is 2.59 bits per heavy atom. The Balaban J connectivity index is 0.00000176. The zero-order chi connectivity index (χ0) is 14.8. The maximum Gasteiger partial charge on any atom is 0.226 e. The lowest BCUT2D eigenvalue weighted by molar-refractivity contribution is -0.137. The molecule has 1 aromatic rings. The van der Waals surface area contributed by atoms with Gasteiger partial charge in [0.25, 0.3) is 0 Å². The lowest BCUT2D eigenvalue weighted by Gasteiger charge is -2.30. The molecule has 1 heterocycles. The first-order valence-corrected chi connectivity index (χ1v) is 8.76. The normalized spacial score (nSPS) is 27.7. The van der Waals surface area contributed by atoms with Crippen LogP contribution in [0, 0.1) is 11.8 Å². The van der Waals surface area contributed by atoms with Gasteiger partial charge in [0.05, 0.1) is 6.04 Å². The van der Waals surface area contributed by atoms with E-state index in [1.165, 1.54) is 5.56 Å². The largest absolute Gasteiger partial charge is 0.335 e. The Morgan fingerprint density at radius 2 is 1.91 bits per heavy atom. The van der Waals surface area contributed by atoms with Gasteiger partial charge < -0.3 is 10.6 Å². The highest BCUT2D eigenvalue weighted by Crippen LogP contribution is 2.38. The fraction of sp³-hybridized carbons (Fsp3) is 0.588. The van der Waals surface area contributed by atoms with E-state index in [1.807, 2.05) is 0 Å². The smallest absolute Gasteiger partial charge is 0.226 e. The molecule has 122 valence electrons. The van der Waals surface area contributed by atoms with Gasteiger partial charge in [-0.1, -0.05) is 34.5 Å². The summed E-state index contributed by atoms with van der Waals surface area (Å²) in [5.41, 5.74) is 7.10. The summed E-state index contributed by atoms with van der Waals surface area (Å²) in [5, 5.41) is 0. The molecule has 3 rings (SSSR count). The van der Waals surface area contributed by atoms with Crippen LogP contribution in [0.5, 0.6) is 0 Å². The minimum Gasteiger partial charge on any atom is -0.335 e. The number of amides is 1. The average molecular weight is 388 g/mol. The van der Waals surface area contributed by atoms with Crippen molar-refractivity contribution < 1.29 is 4.79 Å². The van der Waals surface area contributed by atoms with Crippen molar-refractivity contribution in [1.29, 1.82) is 0 Å². The van der Waals surface area contributed by atoms with Crippen LogP contribution in [0.4, 0.5) is 0 Å². The van der Waals surface area contributed by atoms with E-state index in [0.29, 0.717) is 18.4 Å². The second-order valence-corrected chi connectivity index (χ2v) is 7.19. The predicted molar refractivity (Wildman–Crippen MR) is 95.0 cm³/mol. The van der Waals surface area contributed by atoms with Gasteiger partial charge in [0.2, 0.25) is 5.91 Å². The van der Waals surface area contributed by atoms with Crippen LogP contribution >= 0.6 is 28.3 Å². The van der Waals surface area contributed by atoms with Gasteiger partial charge in [-0.2, -0.15) is 0 Å². The number of nitrogens with zero attached hydrogens (tertiary/aromatic N) is 1. The monoisotopic (exact) mass is 386 g/mol. The molecular formula is C17H24BrClN2O. The maximum atomic E-state index is 12.9. The number of hydrogen-bond donors (Lipinski definition) is 1. The van der Waals surface area contributed by atoms with Crippen molar-refractivity contribution in [3.05, 3.63) is 34.3 Å². The molecule has 1 unspecified atom stereocenters. The van der Waals surface area contributed by atoms with Crippen LogP contribution in [0.2, 0.25) is 0 Å². The van der Waals surface area contributed by atoms with Gasteiger partial charge in [-0.3, -0.25) is 4.79 Å². The van der Waals surface area contributed by atoms with Crippen molar-refractivity contribution >= 4 is 34.2 Å². The van der Waals surface area contributed by atoms with Crippen LogP contribution in [0.1, 0.15) is 43.7 Å². The van der Waals surface area contributed by atoms with Gasteiger partial charge in [0.1, 0.15) is 0 Å². The van der Waals surface area contributed by atoms with Crippen molar-refractivity contribution in [3.63, 3.8) is 0 Å². The second-order valence-electron chi connectivity index (χ2n) is 6.27. The van der Waals surface area contributed by atoms with Crippen LogP contribution in [0.25, 0.3) is 0 Å². The minimum atomic E-state index is 0. The van der Waals surface area contributed by atoms with Crippen molar-refractivity contribution in [2.75, 3.05) is 13.1 Å². The summed E-state index contributed by atoms with van der Waals surface area (Å²) in [5.74, 6) is 0.892. The molecule has 22 heavy (non-hydrogen) atoms. The number of hydrogen-bond acceptors (Lipinski definition) is 2. The Bertz CT molecular complexity index is 508. The van der Waals surface area contributed by atoms with E-state index in [9.17, 15) is 4.79 Å². The summed E-state index contributed by atoms with van der Waals surface area (Å²) < 4.78 is 1.08. The first kappa shape index (κ1) is 17.8. The first-order valence-electron chi connectivity index (χ1n) is 7.96. The molecule has 0 aromatic heterocycles. The minimum absolute atomic E-state index is 0. The molecule has 0 radical (unpaired) electrons. The molecule has 1 aliphatic carbocycles. The van der Waals surface area contributed by atoms with E-state index in [0.717, 1.165) is 43.1 Å². The molecule has 0 spiro atoms. The van der Waals surface area contributed by atoms with Crippen molar-refractivity contribution in [2.24, 2.45) is 17.6 Å². The van der Waals surface area contributed by atoms with Gasteiger partial charge in [-0.25, -0.2) is 0 Å². The molecule has 2 aliphatic rings. The zero-order valence-corrected chi connectivity index (χ0v) is 15.1. The number of benzene rings is 1. The lowest BCUT2D eigenvalue weighted by atomic mass is 9.94.